The largest absolute Gasteiger partial charge is 0.456 e. The standard InChI is InChI=1S/C48H30N2O/c1-3-12-31(13-4-1)36-18-11-21-46-48(36)39-25-24-35(30-47(39)51-46)50-43-20-10-8-17-38(43)41-29-33(23-27-45(41)50)32-22-26-44-40(28-32)37-16-7-9-19-42(37)49(44)34-14-5-2-6-15-34/h1-30H/i1D,3D,4D,12D,13D,23D,27D,29D. The Hall–Kier alpha value is -6.84. The quantitative estimate of drug-likeness (QED) is 0.185. The van der Waals surface area contributed by atoms with Crippen LogP contribution in [0, 0.1) is 0 Å². The summed E-state index contributed by atoms with van der Waals surface area (Å²) in [6, 6.07) is 41.3. The molecule has 8 aromatic carbocycles. The van der Waals surface area contributed by atoms with Crippen molar-refractivity contribution in [2.24, 2.45) is 0 Å². The van der Waals surface area contributed by atoms with Gasteiger partial charge in [0.05, 0.1) is 33.0 Å². The molecule has 11 rings (SSSR count). The van der Waals surface area contributed by atoms with Gasteiger partial charge < -0.3 is 13.6 Å². The average molecular weight is 659 g/mol. The number of para-hydroxylation sites is 3. The van der Waals surface area contributed by atoms with Gasteiger partial charge in [-0.3, -0.25) is 0 Å². The number of aromatic nitrogens is 2. The molecule has 0 unspecified atom stereocenters. The first-order valence-electron chi connectivity index (χ1n) is 20.8. The van der Waals surface area contributed by atoms with Crippen molar-refractivity contribution in [1.82, 2.24) is 9.13 Å². The van der Waals surface area contributed by atoms with E-state index in [1.807, 2.05) is 95.6 Å². The third-order valence-electron chi connectivity index (χ3n) is 9.91. The number of fused-ring (bicyclic) bond motifs is 9. The van der Waals surface area contributed by atoms with Crippen LogP contribution in [0.2, 0.25) is 0 Å². The summed E-state index contributed by atoms with van der Waals surface area (Å²) >= 11 is 0. The average Bonchev–Trinajstić information content (AvgIpc) is 3.92. The second-order valence-corrected chi connectivity index (χ2v) is 12.7. The van der Waals surface area contributed by atoms with Crippen LogP contribution in [0.4, 0.5) is 0 Å². The number of benzene rings is 8. The Bertz CT molecular complexity index is 3570. The van der Waals surface area contributed by atoms with Gasteiger partial charge in [0.25, 0.3) is 0 Å². The van der Waals surface area contributed by atoms with Crippen molar-refractivity contribution in [3.05, 3.63) is 182 Å². The zero-order chi connectivity index (χ0) is 40.4. The molecule has 0 aliphatic carbocycles. The molecule has 3 heteroatoms. The van der Waals surface area contributed by atoms with E-state index in [2.05, 4.69) is 28.8 Å². The Labute approximate surface area is 305 Å². The predicted octanol–water partition coefficient (Wildman–Crippen LogP) is 13.1. The van der Waals surface area contributed by atoms with Gasteiger partial charge >= 0.3 is 0 Å². The summed E-state index contributed by atoms with van der Waals surface area (Å²) in [6.07, 6.45) is 0. The van der Waals surface area contributed by atoms with Crippen molar-refractivity contribution in [3.8, 4) is 33.6 Å². The van der Waals surface area contributed by atoms with Gasteiger partial charge in [0.2, 0.25) is 0 Å². The Morgan fingerprint density at radius 1 is 0.412 bits per heavy atom. The summed E-state index contributed by atoms with van der Waals surface area (Å²) < 4.78 is 81.3. The lowest BCUT2D eigenvalue weighted by Gasteiger charge is -2.09. The molecule has 0 bridgehead atoms. The molecule has 3 aromatic heterocycles. The first-order chi connectivity index (χ1) is 28.6. The van der Waals surface area contributed by atoms with Crippen LogP contribution < -0.4 is 0 Å². The molecule has 3 nitrogen and oxygen atoms in total. The monoisotopic (exact) mass is 658 g/mol. The number of nitrogens with zero attached hydrogens (tertiary/aromatic N) is 2. The zero-order valence-electron chi connectivity index (χ0n) is 35.0. The van der Waals surface area contributed by atoms with Crippen LogP contribution in [-0.2, 0) is 0 Å². The normalized spacial score (nSPS) is 14.1. The first-order valence-corrected chi connectivity index (χ1v) is 16.8. The summed E-state index contributed by atoms with van der Waals surface area (Å²) in [7, 11) is 0. The Balaban J connectivity index is 1.13. The molecular formula is C48H30N2O. The smallest absolute Gasteiger partial charge is 0.137 e. The fourth-order valence-corrected chi connectivity index (χ4v) is 7.71. The fraction of sp³-hybridized carbons (Fsp3) is 0. The van der Waals surface area contributed by atoms with E-state index in [-0.39, 0.29) is 35.8 Å². The number of hydrogen-bond donors (Lipinski definition) is 0. The molecule has 238 valence electrons. The summed E-state index contributed by atoms with van der Waals surface area (Å²) in [5.74, 6) is 0. The molecule has 0 aliphatic rings. The molecule has 0 saturated carbocycles. The molecule has 51 heavy (non-hydrogen) atoms. The minimum absolute atomic E-state index is 0.0119. The van der Waals surface area contributed by atoms with Crippen LogP contribution in [-0.4, -0.2) is 9.13 Å². The van der Waals surface area contributed by atoms with Crippen LogP contribution in [0.1, 0.15) is 11.0 Å². The van der Waals surface area contributed by atoms with Crippen molar-refractivity contribution in [1.29, 1.82) is 0 Å². The Morgan fingerprint density at radius 3 is 1.96 bits per heavy atom. The van der Waals surface area contributed by atoms with Crippen LogP contribution in [0.3, 0.4) is 0 Å². The molecule has 11 aromatic rings. The third-order valence-corrected chi connectivity index (χ3v) is 9.91. The molecule has 0 radical (unpaired) electrons. The van der Waals surface area contributed by atoms with Gasteiger partial charge in [0.1, 0.15) is 11.2 Å². The van der Waals surface area contributed by atoms with Crippen LogP contribution >= 0.6 is 0 Å². The third kappa shape index (κ3) is 4.19. The minimum Gasteiger partial charge on any atom is -0.456 e. The lowest BCUT2D eigenvalue weighted by atomic mass is 9.99. The summed E-state index contributed by atoms with van der Waals surface area (Å²) in [6.45, 7) is 0. The van der Waals surface area contributed by atoms with Gasteiger partial charge in [-0.05, 0) is 88.9 Å². The van der Waals surface area contributed by atoms with Gasteiger partial charge in [0.15, 0.2) is 0 Å². The molecule has 3 heterocycles. The molecule has 0 aliphatic heterocycles. The van der Waals surface area contributed by atoms with E-state index in [1.54, 1.807) is 18.2 Å². The van der Waals surface area contributed by atoms with Gasteiger partial charge in [-0.1, -0.05) is 109 Å². The van der Waals surface area contributed by atoms with Crippen molar-refractivity contribution in [2.75, 3.05) is 0 Å². The van der Waals surface area contributed by atoms with Gasteiger partial charge in [0, 0.05) is 49.8 Å². The minimum atomic E-state index is -0.454. The van der Waals surface area contributed by atoms with E-state index in [4.69, 9.17) is 11.3 Å². The van der Waals surface area contributed by atoms with E-state index < -0.39 is 18.1 Å². The van der Waals surface area contributed by atoms with Gasteiger partial charge in [-0.15, -0.1) is 0 Å². The number of rotatable bonds is 4. The van der Waals surface area contributed by atoms with Crippen LogP contribution in [0.25, 0.3) is 99.2 Å². The van der Waals surface area contributed by atoms with Crippen LogP contribution in [0.15, 0.2) is 186 Å². The Morgan fingerprint density at radius 2 is 1.14 bits per heavy atom. The molecule has 0 amide bonds. The maximum absolute atomic E-state index is 9.76. The second kappa shape index (κ2) is 10.8. The SMILES string of the molecule is [2H]c1c([2H])c([2H])c(-c2cccc3oc4cc(-n5c6ccccc6c6c([2H])c(-c7ccc8c(c7)c7ccccc7n8-c7ccccc7)c([2H])c([2H])c65)ccc4c23)c([2H])c1[2H]. The van der Waals surface area contributed by atoms with E-state index in [9.17, 15) is 4.11 Å². The van der Waals surface area contributed by atoms with E-state index >= 15 is 0 Å². The second-order valence-electron chi connectivity index (χ2n) is 12.7. The highest BCUT2D eigenvalue weighted by Crippen LogP contribution is 2.41. The highest BCUT2D eigenvalue weighted by atomic mass is 16.3. The van der Waals surface area contributed by atoms with Crippen molar-refractivity contribution in [2.45, 2.75) is 0 Å². The van der Waals surface area contributed by atoms with Crippen molar-refractivity contribution >= 4 is 65.6 Å². The van der Waals surface area contributed by atoms with Gasteiger partial charge in [-0.25, -0.2) is 0 Å². The summed E-state index contributed by atoms with van der Waals surface area (Å²) in [4.78, 5) is 0. The molecule has 0 atom stereocenters. The number of furan rings is 1. The molecule has 0 spiro atoms. The van der Waals surface area contributed by atoms with Gasteiger partial charge in [-0.2, -0.15) is 0 Å². The predicted molar refractivity (Wildman–Crippen MR) is 213 cm³/mol. The summed E-state index contributed by atoms with van der Waals surface area (Å²) in [5, 5.41) is 4.69. The topological polar surface area (TPSA) is 23.0 Å². The number of hydrogen-bond acceptors (Lipinski definition) is 1. The molecule has 0 N–H and O–H groups in total. The fourth-order valence-electron chi connectivity index (χ4n) is 7.71. The van der Waals surface area contributed by atoms with Crippen molar-refractivity contribution < 1.29 is 15.4 Å². The van der Waals surface area contributed by atoms with E-state index in [0.29, 0.717) is 55.2 Å². The first kappa shape index (κ1) is 21.3. The molecule has 0 saturated heterocycles. The Kier molecular flexibility index (Phi) is 4.52. The lowest BCUT2D eigenvalue weighted by Crippen LogP contribution is -1.93. The maximum atomic E-state index is 9.76. The lowest BCUT2D eigenvalue weighted by molar-refractivity contribution is 0.668. The van der Waals surface area contributed by atoms with E-state index in [1.165, 1.54) is 0 Å². The molecule has 0 fully saturated rings. The van der Waals surface area contributed by atoms with E-state index in [0.717, 1.165) is 38.4 Å². The maximum Gasteiger partial charge on any atom is 0.137 e. The zero-order valence-corrected chi connectivity index (χ0v) is 27.0. The summed E-state index contributed by atoms with van der Waals surface area (Å²) in [5.41, 5.74) is 7.55. The van der Waals surface area contributed by atoms with Crippen molar-refractivity contribution in [3.63, 3.8) is 0 Å². The van der Waals surface area contributed by atoms with Crippen LogP contribution in [0.5, 0.6) is 0 Å². The molecular weight excluding hydrogens is 621 g/mol. The highest BCUT2D eigenvalue weighted by Gasteiger charge is 2.18. The highest BCUT2D eigenvalue weighted by molar-refractivity contribution is 6.15.